The number of hydrogen-bond acceptors (Lipinski definition) is 5. The van der Waals surface area contributed by atoms with Gasteiger partial charge in [0.2, 0.25) is 0 Å². The second-order valence-corrected chi connectivity index (χ2v) is 4.36. The van der Waals surface area contributed by atoms with E-state index in [1.807, 2.05) is 6.07 Å². The van der Waals surface area contributed by atoms with Crippen molar-refractivity contribution in [3.63, 3.8) is 0 Å². The summed E-state index contributed by atoms with van der Waals surface area (Å²) in [5.74, 6) is 1.20. The Labute approximate surface area is 120 Å². The summed E-state index contributed by atoms with van der Waals surface area (Å²) in [6.45, 7) is 0.544. The Kier molecular flexibility index (Phi) is 4.14. The van der Waals surface area contributed by atoms with Gasteiger partial charge in [-0.2, -0.15) is 0 Å². The van der Waals surface area contributed by atoms with Crippen molar-refractivity contribution in [2.45, 2.75) is 6.54 Å². The number of carbonyl (C=O) groups excluding carboxylic acids is 1. The van der Waals surface area contributed by atoms with Crippen molar-refractivity contribution in [3.8, 4) is 11.5 Å². The maximum atomic E-state index is 10.6. The minimum Gasteiger partial charge on any atom is -0.493 e. The number of nitrogens with two attached hydrogens (primary N) is 1. The van der Waals surface area contributed by atoms with Gasteiger partial charge in [-0.3, -0.25) is 0 Å². The number of benzene rings is 1. The zero-order valence-electron chi connectivity index (χ0n) is 11.1. The number of aromatic nitrogens is 2. The van der Waals surface area contributed by atoms with E-state index < -0.39 is 6.09 Å². The maximum Gasteiger partial charge on any atom is 0.404 e. The van der Waals surface area contributed by atoms with Gasteiger partial charge in [0, 0.05) is 12.1 Å². The number of aromatic amines is 1. The summed E-state index contributed by atoms with van der Waals surface area (Å²) in [7, 11) is 3.13. The standard InChI is InChI=1S/C12H15N3O4S/c1-17-9-5-7-8(6-10(9)18-2)15(12(20)14-7)3-4-19-11(13)16/h5-6H,3-4H2,1-2H3,(H2,13,16)(H,14,20). The molecule has 0 unspecified atom stereocenters. The third kappa shape index (κ3) is 2.69. The molecule has 1 heterocycles. The molecule has 0 aliphatic carbocycles. The van der Waals surface area contributed by atoms with Crippen LogP contribution in [0.2, 0.25) is 0 Å². The van der Waals surface area contributed by atoms with Crippen LogP contribution in [0.4, 0.5) is 4.79 Å². The lowest BCUT2D eigenvalue weighted by atomic mass is 10.2. The molecule has 1 aromatic heterocycles. The van der Waals surface area contributed by atoms with E-state index in [1.54, 1.807) is 24.9 Å². The van der Waals surface area contributed by atoms with Crippen molar-refractivity contribution in [3.05, 3.63) is 16.9 Å². The number of carbonyl (C=O) groups is 1. The summed E-state index contributed by atoms with van der Waals surface area (Å²) in [5.41, 5.74) is 6.57. The molecule has 1 amide bonds. The fourth-order valence-electron chi connectivity index (χ4n) is 1.94. The molecule has 8 heteroatoms. The van der Waals surface area contributed by atoms with Gasteiger partial charge in [-0.1, -0.05) is 0 Å². The fourth-order valence-corrected chi connectivity index (χ4v) is 2.24. The largest absolute Gasteiger partial charge is 0.493 e. The Morgan fingerprint density at radius 3 is 2.60 bits per heavy atom. The van der Waals surface area contributed by atoms with E-state index in [1.165, 1.54) is 0 Å². The van der Waals surface area contributed by atoms with Crippen molar-refractivity contribution < 1.29 is 19.0 Å². The van der Waals surface area contributed by atoms with E-state index >= 15 is 0 Å². The number of ether oxygens (including phenoxy) is 3. The summed E-state index contributed by atoms with van der Waals surface area (Å²) in [6.07, 6.45) is -0.810. The highest BCUT2D eigenvalue weighted by Crippen LogP contribution is 2.31. The molecule has 0 saturated heterocycles. The Morgan fingerprint density at radius 2 is 2.00 bits per heavy atom. The molecule has 0 aliphatic rings. The van der Waals surface area contributed by atoms with Gasteiger partial charge in [0.1, 0.15) is 6.61 Å². The van der Waals surface area contributed by atoms with Crippen LogP contribution in [-0.4, -0.2) is 36.5 Å². The van der Waals surface area contributed by atoms with Gasteiger partial charge in [-0.25, -0.2) is 4.79 Å². The lowest BCUT2D eigenvalue weighted by Crippen LogP contribution is -2.16. The number of primary amides is 1. The van der Waals surface area contributed by atoms with Crippen LogP contribution in [0.3, 0.4) is 0 Å². The monoisotopic (exact) mass is 297 g/mol. The molecule has 0 radical (unpaired) electrons. The predicted octanol–water partition coefficient (Wildman–Crippen LogP) is 1.81. The number of amides is 1. The van der Waals surface area contributed by atoms with E-state index in [0.29, 0.717) is 22.8 Å². The third-order valence-electron chi connectivity index (χ3n) is 2.84. The fraction of sp³-hybridized carbons (Fsp3) is 0.333. The molecule has 108 valence electrons. The molecule has 1 aromatic carbocycles. The highest BCUT2D eigenvalue weighted by atomic mass is 32.1. The predicted molar refractivity (Wildman–Crippen MR) is 75.8 cm³/mol. The molecule has 7 nitrogen and oxygen atoms in total. The van der Waals surface area contributed by atoms with Crippen molar-refractivity contribution in [1.29, 1.82) is 0 Å². The number of methoxy groups -OCH3 is 2. The van der Waals surface area contributed by atoms with Crippen LogP contribution in [0.5, 0.6) is 11.5 Å². The van der Waals surface area contributed by atoms with Gasteiger partial charge in [-0.05, 0) is 12.2 Å². The Balaban J connectivity index is 2.41. The van der Waals surface area contributed by atoms with E-state index in [-0.39, 0.29) is 6.61 Å². The first-order chi connectivity index (χ1) is 9.56. The zero-order chi connectivity index (χ0) is 14.7. The molecule has 3 N–H and O–H groups in total. The van der Waals surface area contributed by atoms with Gasteiger partial charge < -0.3 is 29.5 Å². The van der Waals surface area contributed by atoms with E-state index in [0.717, 1.165) is 11.0 Å². The van der Waals surface area contributed by atoms with Gasteiger partial charge in [0.15, 0.2) is 16.3 Å². The lowest BCUT2D eigenvalue weighted by Gasteiger charge is -2.09. The highest BCUT2D eigenvalue weighted by Gasteiger charge is 2.11. The van der Waals surface area contributed by atoms with Crippen molar-refractivity contribution >= 4 is 29.3 Å². The van der Waals surface area contributed by atoms with Gasteiger partial charge in [0.25, 0.3) is 0 Å². The molecular formula is C12H15N3O4S. The highest BCUT2D eigenvalue weighted by molar-refractivity contribution is 7.71. The molecule has 20 heavy (non-hydrogen) atoms. The second-order valence-electron chi connectivity index (χ2n) is 3.97. The first-order valence-electron chi connectivity index (χ1n) is 5.83. The molecule has 0 aliphatic heterocycles. The number of rotatable bonds is 5. The van der Waals surface area contributed by atoms with Crippen LogP contribution in [0, 0.1) is 4.77 Å². The van der Waals surface area contributed by atoms with E-state index in [4.69, 9.17) is 32.2 Å². The first-order valence-corrected chi connectivity index (χ1v) is 6.24. The number of imidazole rings is 1. The molecule has 0 spiro atoms. The van der Waals surface area contributed by atoms with Gasteiger partial charge >= 0.3 is 6.09 Å². The summed E-state index contributed by atoms with van der Waals surface area (Å²) < 4.78 is 17.5. The topological polar surface area (TPSA) is 91.5 Å². The van der Waals surface area contributed by atoms with Crippen LogP contribution in [0.1, 0.15) is 0 Å². The molecular weight excluding hydrogens is 282 g/mol. The van der Waals surface area contributed by atoms with E-state index in [9.17, 15) is 4.79 Å². The average Bonchev–Trinajstić information content (AvgIpc) is 2.72. The van der Waals surface area contributed by atoms with Crippen LogP contribution in [0.15, 0.2) is 12.1 Å². The zero-order valence-corrected chi connectivity index (χ0v) is 12.0. The van der Waals surface area contributed by atoms with Crippen molar-refractivity contribution in [2.24, 2.45) is 5.73 Å². The van der Waals surface area contributed by atoms with Crippen LogP contribution < -0.4 is 15.2 Å². The number of nitrogens with zero attached hydrogens (tertiary/aromatic N) is 1. The van der Waals surface area contributed by atoms with Gasteiger partial charge in [0.05, 0.1) is 31.8 Å². The Hall–Kier alpha value is -2.22. The molecule has 2 aromatic rings. The van der Waals surface area contributed by atoms with Crippen LogP contribution >= 0.6 is 12.2 Å². The van der Waals surface area contributed by atoms with Crippen molar-refractivity contribution in [2.75, 3.05) is 20.8 Å². The number of nitrogens with one attached hydrogen (secondary N) is 1. The smallest absolute Gasteiger partial charge is 0.404 e. The molecule has 0 saturated carbocycles. The Morgan fingerprint density at radius 1 is 1.35 bits per heavy atom. The SMILES string of the molecule is COc1cc2[nH]c(=S)n(CCOC(N)=O)c2cc1OC. The van der Waals surface area contributed by atoms with Crippen LogP contribution in [0.25, 0.3) is 11.0 Å². The van der Waals surface area contributed by atoms with E-state index in [2.05, 4.69) is 4.98 Å². The third-order valence-corrected chi connectivity index (χ3v) is 3.16. The second kappa shape index (κ2) is 5.83. The van der Waals surface area contributed by atoms with Crippen LogP contribution in [-0.2, 0) is 11.3 Å². The first kappa shape index (κ1) is 14.2. The molecule has 0 fully saturated rings. The number of fused-ring (bicyclic) bond motifs is 1. The molecule has 2 rings (SSSR count). The summed E-state index contributed by atoms with van der Waals surface area (Å²) >= 11 is 5.25. The summed E-state index contributed by atoms with van der Waals surface area (Å²) in [4.78, 5) is 13.6. The maximum absolute atomic E-state index is 10.6. The average molecular weight is 297 g/mol. The van der Waals surface area contributed by atoms with Gasteiger partial charge in [-0.15, -0.1) is 0 Å². The minimum absolute atomic E-state index is 0.144. The Bertz CT molecular complexity index is 692. The minimum atomic E-state index is -0.810. The molecule has 0 bridgehead atoms. The summed E-state index contributed by atoms with van der Waals surface area (Å²) in [6, 6.07) is 3.61. The lowest BCUT2D eigenvalue weighted by molar-refractivity contribution is 0.152. The number of H-pyrrole nitrogens is 1. The van der Waals surface area contributed by atoms with Crippen molar-refractivity contribution in [1.82, 2.24) is 9.55 Å². The number of hydrogen-bond donors (Lipinski definition) is 2. The quantitative estimate of drug-likeness (QED) is 0.821. The summed E-state index contributed by atoms with van der Waals surface area (Å²) in [5, 5.41) is 0. The normalized spacial score (nSPS) is 10.5. The molecule has 0 atom stereocenters.